The number of nitrogens with one attached hydrogen (secondary N) is 2. The predicted molar refractivity (Wildman–Crippen MR) is 78.3 cm³/mol. The molecule has 5 heteroatoms. The molecule has 0 aromatic carbocycles. The third kappa shape index (κ3) is 5.80. The fraction of sp³-hybridized carbons (Fsp3) is 0.867. The van der Waals surface area contributed by atoms with Crippen LogP contribution in [0.4, 0.5) is 4.79 Å². The van der Waals surface area contributed by atoms with E-state index in [0.717, 1.165) is 12.8 Å². The summed E-state index contributed by atoms with van der Waals surface area (Å²) in [6.45, 7) is 9.73. The van der Waals surface area contributed by atoms with Crippen molar-refractivity contribution in [3.8, 4) is 0 Å². The lowest BCUT2D eigenvalue weighted by molar-refractivity contribution is -0.121. The maximum absolute atomic E-state index is 11.9. The van der Waals surface area contributed by atoms with E-state index in [1.54, 1.807) is 20.8 Å². The number of carbonyl (C=O) groups excluding carboxylic acids is 2. The van der Waals surface area contributed by atoms with Gasteiger partial charge in [-0.05, 0) is 39.0 Å². The van der Waals surface area contributed by atoms with E-state index in [9.17, 15) is 9.59 Å². The van der Waals surface area contributed by atoms with Crippen LogP contribution in [0.2, 0.25) is 0 Å². The second-order valence-corrected chi connectivity index (χ2v) is 6.80. The molecule has 1 aliphatic rings. The monoisotopic (exact) mass is 284 g/mol. The van der Waals surface area contributed by atoms with Crippen molar-refractivity contribution in [2.24, 2.45) is 11.8 Å². The standard InChI is InChI=1S/C15H28N2O3/c1-10-7-6-8-12(11(10)2)17-13(18)9-16-14(19)20-15(3,4)5/h10-12H,6-9H2,1-5H3,(H,16,19)(H,17,18). The molecule has 5 nitrogen and oxygen atoms in total. The van der Waals surface area contributed by atoms with Crippen LogP contribution in [0.15, 0.2) is 0 Å². The largest absolute Gasteiger partial charge is 0.444 e. The van der Waals surface area contributed by atoms with Crippen molar-refractivity contribution >= 4 is 12.0 Å². The molecule has 1 rings (SSSR count). The second-order valence-electron chi connectivity index (χ2n) is 6.80. The molecule has 20 heavy (non-hydrogen) atoms. The SMILES string of the molecule is CC1CCCC(NC(=O)CNC(=O)OC(C)(C)C)C1C. The number of amides is 2. The van der Waals surface area contributed by atoms with Crippen LogP contribution in [0.1, 0.15) is 53.9 Å². The van der Waals surface area contributed by atoms with Gasteiger partial charge in [-0.25, -0.2) is 4.79 Å². The topological polar surface area (TPSA) is 67.4 Å². The highest BCUT2D eigenvalue weighted by atomic mass is 16.6. The Hall–Kier alpha value is -1.26. The second kappa shape index (κ2) is 6.95. The highest BCUT2D eigenvalue weighted by Crippen LogP contribution is 2.29. The minimum atomic E-state index is -0.558. The molecule has 0 aromatic rings. The Morgan fingerprint density at radius 1 is 1.20 bits per heavy atom. The van der Waals surface area contributed by atoms with E-state index in [0.29, 0.717) is 11.8 Å². The molecule has 0 aromatic heterocycles. The average Bonchev–Trinajstić information content (AvgIpc) is 2.30. The molecule has 3 atom stereocenters. The molecule has 0 spiro atoms. The normalized spacial score (nSPS) is 26.8. The van der Waals surface area contributed by atoms with Gasteiger partial charge in [0, 0.05) is 6.04 Å². The van der Waals surface area contributed by atoms with E-state index in [4.69, 9.17) is 4.74 Å². The number of hydrogen-bond donors (Lipinski definition) is 2. The first kappa shape index (κ1) is 16.8. The Labute approximate surface area is 121 Å². The maximum Gasteiger partial charge on any atom is 0.408 e. The zero-order chi connectivity index (χ0) is 15.3. The molecule has 3 unspecified atom stereocenters. The Morgan fingerprint density at radius 3 is 2.45 bits per heavy atom. The molecule has 116 valence electrons. The van der Waals surface area contributed by atoms with Gasteiger partial charge in [-0.1, -0.05) is 26.7 Å². The summed E-state index contributed by atoms with van der Waals surface area (Å²) in [5.74, 6) is 0.962. The van der Waals surface area contributed by atoms with Gasteiger partial charge in [0.25, 0.3) is 0 Å². The van der Waals surface area contributed by atoms with Gasteiger partial charge < -0.3 is 15.4 Å². The van der Waals surface area contributed by atoms with E-state index >= 15 is 0 Å². The molecule has 1 saturated carbocycles. The molecule has 2 amide bonds. The van der Waals surface area contributed by atoms with Crippen molar-refractivity contribution < 1.29 is 14.3 Å². The zero-order valence-electron chi connectivity index (χ0n) is 13.3. The van der Waals surface area contributed by atoms with E-state index in [2.05, 4.69) is 24.5 Å². The van der Waals surface area contributed by atoms with Crippen molar-refractivity contribution in [3.05, 3.63) is 0 Å². The lowest BCUT2D eigenvalue weighted by Gasteiger charge is -2.34. The molecule has 0 aliphatic heterocycles. The Balaban J connectivity index is 2.31. The molecule has 1 aliphatic carbocycles. The summed E-state index contributed by atoms with van der Waals surface area (Å²) < 4.78 is 5.09. The van der Waals surface area contributed by atoms with E-state index in [1.807, 2.05) is 0 Å². The molecule has 0 radical (unpaired) electrons. The van der Waals surface area contributed by atoms with Crippen LogP contribution < -0.4 is 10.6 Å². The average molecular weight is 284 g/mol. The summed E-state index contributed by atoms with van der Waals surface area (Å²) in [6, 6.07) is 0.215. The first-order valence-corrected chi connectivity index (χ1v) is 7.45. The van der Waals surface area contributed by atoms with Crippen LogP contribution in [-0.4, -0.2) is 30.2 Å². The lowest BCUT2D eigenvalue weighted by Crippen LogP contribution is -2.47. The van der Waals surface area contributed by atoms with E-state index in [1.165, 1.54) is 6.42 Å². The molecule has 1 fully saturated rings. The lowest BCUT2D eigenvalue weighted by atomic mass is 9.78. The van der Waals surface area contributed by atoms with Crippen molar-refractivity contribution in [2.45, 2.75) is 65.5 Å². The summed E-state index contributed by atoms with van der Waals surface area (Å²) in [5, 5.41) is 5.49. The number of hydrogen-bond acceptors (Lipinski definition) is 3. The molecular formula is C15H28N2O3. The van der Waals surface area contributed by atoms with Gasteiger partial charge in [-0.2, -0.15) is 0 Å². The zero-order valence-corrected chi connectivity index (χ0v) is 13.3. The summed E-state index contributed by atoms with van der Waals surface area (Å²) in [6.07, 6.45) is 2.83. The van der Waals surface area contributed by atoms with Crippen molar-refractivity contribution in [1.29, 1.82) is 0 Å². The fourth-order valence-electron chi connectivity index (χ4n) is 2.51. The van der Waals surface area contributed by atoms with Crippen LogP contribution in [-0.2, 0) is 9.53 Å². The smallest absolute Gasteiger partial charge is 0.408 e. The molecule has 0 bridgehead atoms. The van der Waals surface area contributed by atoms with Crippen LogP contribution >= 0.6 is 0 Å². The van der Waals surface area contributed by atoms with E-state index < -0.39 is 11.7 Å². The molecule has 0 saturated heterocycles. The van der Waals surface area contributed by atoms with Gasteiger partial charge in [0.1, 0.15) is 12.1 Å². The third-order valence-electron chi connectivity index (χ3n) is 3.85. The molecule has 2 N–H and O–H groups in total. The van der Waals surface area contributed by atoms with Crippen molar-refractivity contribution in [2.75, 3.05) is 6.54 Å². The summed E-state index contributed by atoms with van der Waals surface area (Å²) in [7, 11) is 0. The first-order chi connectivity index (χ1) is 9.19. The Morgan fingerprint density at radius 2 is 1.85 bits per heavy atom. The summed E-state index contributed by atoms with van der Waals surface area (Å²) in [4.78, 5) is 23.3. The van der Waals surface area contributed by atoms with Crippen molar-refractivity contribution in [3.63, 3.8) is 0 Å². The van der Waals surface area contributed by atoms with Crippen LogP contribution in [0.25, 0.3) is 0 Å². The maximum atomic E-state index is 11.9. The number of rotatable bonds is 3. The van der Waals surface area contributed by atoms with Gasteiger partial charge in [-0.3, -0.25) is 4.79 Å². The third-order valence-corrected chi connectivity index (χ3v) is 3.85. The minimum absolute atomic E-state index is 0.0352. The quantitative estimate of drug-likeness (QED) is 0.836. The van der Waals surface area contributed by atoms with Crippen LogP contribution in [0.5, 0.6) is 0 Å². The van der Waals surface area contributed by atoms with Crippen LogP contribution in [0, 0.1) is 11.8 Å². The van der Waals surface area contributed by atoms with Gasteiger partial charge in [0.15, 0.2) is 0 Å². The van der Waals surface area contributed by atoms with Gasteiger partial charge in [0.2, 0.25) is 5.91 Å². The summed E-state index contributed by atoms with van der Waals surface area (Å²) in [5.41, 5.74) is -0.548. The predicted octanol–water partition coefficient (Wildman–Crippen LogP) is 2.45. The van der Waals surface area contributed by atoms with Gasteiger partial charge in [0.05, 0.1) is 0 Å². The van der Waals surface area contributed by atoms with Gasteiger partial charge >= 0.3 is 6.09 Å². The first-order valence-electron chi connectivity index (χ1n) is 7.45. The highest BCUT2D eigenvalue weighted by molar-refractivity contribution is 5.82. The number of alkyl carbamates (subject to hydrolysis) is 1. The van der Waals surface area contributed by atoms with Gasteiger partial charge in [-0.15, -0.1) is 0 Å². The minimum Gasteiger partial charge on any atom is -0.444 e. The molecule has 0 heterocycles. The van der Waals surface area contributed by atoms with Crippen molar-refractivity contribution in [1.82, 2.24) is 10.6 Å². The Kier molecular flexibility index (Phi) is 5.84. The van der Waals surface area contributed by atoms with E-state index in [-0.39, 0.29) is 18.5 Å². The Bertz CT molecular complexity index is 350. The number of carbonyl (C=O) groups is 2. The number of ether oxygens (including phenoxy) is 1. The fourth-order valence-corrected chi connectivity index (χ4v) is 2.51. The highest BCUT2D eigenvalue weighted by Gasteiger charge is 2.28. The molecular weight excluding hydrogens is 256 g/mol. The summed E-state index contributed by atoms with van der Waals surface area (Å²) >= 11 is 0. The van der Waals surface area contributed by atoms with Crippen LogP contribution in [0.3, 0.4) is 0 Å².